The topological polar surface area (TPSA) is 55.1 Å². The van der Waals surface area contributed by atoms with Gasteiger partial charge in [-0.3, -0.25) is 4.98 Å². The zero-order chi connectivity index (χ0) is 29.6. The van der Waals surface area contributed by atoms with Crippen molar-refractivity contribution in [1.29, 1.82) is 5.26 Å². The van der Waals surface area contributed by atoms with E-state index in [9.17, 15) is 5.26 Å². The molecule has 1 spiro atoms. The Hall–Kier alpha value is -2.00. The minimum absolute atomic E-state index is 0.0460. The predicted molar refractivity (Wildman–Crippen MR) is 167 cm³/mol. The molecular formula is C36H50N2O2Si. The second-order valence-corrected chi connectivity index (χ2v) is 21.0. The van der Waals surface area contributed by atoms with Crippen LogP contribution in [0.25, 0.3) is 0 Å². The van der Waals surface area contributed by atoms with Crippen LogP contribution >= 0.6 is 0 Å². The first-order chi connectivity index (χ1) is 19.1. The smallest absolute Gasteiger partial charge is 0.192 e. The Kier molecular flexibility index (Phi) is 6.74. The van der Waals surface area contributed by atoms with E-state index in [1.165, 1.54) is 46.5 Å². The van der Waals surface area contributed by atoms with Gasteiger partial charge in [0.15, 0.2) is 8.32 Å². The second kappa shape index (κ2) is 9.50. The molecule has 220 valence electrons. The van der Waals surface area contributed by atoms with Crippen LogP contribution in [0.1, 0.15) is 151 Å². The molecule has 2 saturated carbocycles. The summed E-state index contributed by atoms with van der Waals surface area (Å²) in [5, 5.41) is 9.91. The molecule has 2 fully saturated rings. The maximum atomic E-state index is 9.77. The Bertz CT molecular complexity index is 1380. The van der Waals surface area contributed by atoms with Gasteiger partial charge in [-0.25, -0.2) is 0 Å². The molecule has 41 heavy (non-hydrogen) atoms. The van der Waals surface area contributed by atoms with Gasteiger partial charge in [-0.1, -0.05) is 85.6 Å². The zero-order valence-electron chi connectivity index (χ0n) is 26.9. The highest BCUT2D eigenvalue weighted by Gasteiger charge is 2.54. The van der Waals surface area contributed by atoms with Gasteiger partial charge in [-0.2, -0.15) is 5.26 Å². The van der Waals surface area contributed by atoms with E-state index in [1.54, 1.807) is 0 Å². The van der Waals surface area contributed by atoms with E-state index in [-0.39, 0.29) is 33.7 Å². The van der Waals surface area contributed by atoms with Gasteiger partial charge in [-0.15, -0.1) is 0 Å². The number of hydrogen-bond acceptors (Lipinski definition) is 4. The van der Waals surface area contributed by atoms with Crippen LogP contribution in [-0.2, 0) is 26.6 Å². The van der Waals surface area contributed by atoms with Crippen LogP contribution in [0.5, 0.6) is 0 Å². The van der Waals surface area contributed by atoms with Gasteiger partial charge >= 0.3 is 0 Å². The van der Waals surface area contributed by atoms with Crippen molar-refractivity contribution in [2.75, 3.05) is 0 Å². The number of rotatable bonds is 5. The molecule has 1 aromatic heterocycles. The Labute approximate surface area is 249 Å². The summed E-state index contributed by atoms with van der Waals surface area (Å²) in [6.45, 7) is 21.2. The molecule has 0 amide bonds. The van der Waals surface area contributed by atoms with Gasteiger partial charge in [0.1, 0.15) is 6.10 Å². The molecule has 0 unspecified atom stereocenters. The van der Waals surface area contributed by atoms with Gasteiger partial charge < -0.3 is 9.16 Å². The summed E-state index contributed by atoms with van der Waals surface area (Å²) in [7, 11) is -2.04. The average molecular weight is 571 g/mol. The lowest BCUT2D eigenvalue weighted by Crippen LogP contribution is -2.44. The maximum absolute atomic E-state index is 9.77. The molecule has 1 aromatic carbocycles. The zero-order valence-corrected chi connectivity index (χ0v) is 27.9. The third-order valence-electron chi connectivity index (χ3n) is 11.1. The predicted octanol–water partition coefficient (Wildman–Crippen LogP) is 9.68. The van der Waals surface area contributed by atoms with Crippen LogP contribution < -0.4 is 0 Å². The highest BCUT2D eigenvalue weighted by Crippen LogP contribution is 2.60. The maximum Gasteiger partial charge on any atom is 0.192 e. The van der Waals surface area contributed by atoms with Crippen molar-refractivity contribution in [1.82, 2.24) is 4.98 Å². The Balaban J connectivity index is 1.55. The molecule has 0 N–H and O–H groups in total. The summed E-state index contributed by atoms with van der Waals surface area (Å²) >= 11 is 0. The van der Waals surface area contributed by atoms with Crippen LogP contribution in [0.2, 0.25) is 18.1 Å². The average Bonchev–Trinajstić information content (AvgIpc) is 3.43. The van der Waals surface area contributed by atoms with E-state index in [4.69, 9.17) is 14.1 Å². The highest BCUT2D eigenvalue weighted by molar-refractivity contribution is 6.74. The molecule has 1 aliphatic heterocycles. The number of hydrogen-bond donors (Lipinski definition) is 0. The van der Waals surface area contributed by atoms with Gasteiger partial charge in [0.2, 0.25) is 0 Å². The fourth-order valence-corrected chi connectivity index (χ4v) is 8.85. The first-order valence-corrected chi connectivity index (χ1v) is 19.0. The third kappa shape index (κ3) is 4.73. The molecule has 2 heterocycles. The number of ether oxygens (including phenoxy) is 1. The Morgan fingerprint density at radius 1 is 1.02 bits per heavy atom. The Morgan fingerprint density at radius 2 is 1.66 bits per heavy atom. The first kappa shape index (κ1) is 29.1. The highest BCUT2D eigenvalue weighted by atomic mass is 28.4. The minimum Gasteiger partial charge on any atom is -0.410 e. The SMILES string of the molecule is CC(C)c1nc2c(c3c1[C@@H](c1ccc(C4(C#N)CC4)cc1)OC31CCCC1)[C@@H](O[Si](C)(C)C(C)(C)C)CC(C)(C)C2. The van der Waals surface area contributed by atoms with E-state index in [1.807, 2.05) is 0 Å². The van der Waals surface area contributed by atoms with Crippen molar-refractivity contribution in [2.24, 2.45) is 5.41 Å². The lowest BCUT2D eigenvalue weighted by atomic mass is 9.70. The molecule has 5 heteroatoms. The molecule has 2 aromatic rings. The van der Waals surface area contributed by atoms with E-state index in [0.717, 1.165) is 44.1 Å². The number of fused-ring (bicyclic) bond motifs is 4. The van der Waals surface area contributed by atoms with Crippen molar-refractivity contribution in [3.8, 4) is 6.07 Å². The van der Waals surface area contributed by atoms with Crippen LogP contribution in [0.4, 0.5) is 0 Å². The van der Waals surface area contributed by atoms with Gasteiger partial charge in [0.25, 0.3) is 0 Å². The van der Waals surface area contributed by atoms with Gasteiger partial charge in [-0.05, 0) is 84.7 Å². The number of aromatic nitrogens is 1. The van der Waals surface area contributed by atoms with Crippen LogP contribution in [-0.4, -0.2) is 13.3 Å². The van der Waals surface area contributed by atoms with Crippen molar-refractivity contribution >= 4 is 8.32 Å². The molecular weight excluding hydrogens is 520 g/mol. The third-order valence-corrected chi connectivity index (χ3v) is 15.6. The largest absolute Gasteiger partial charge is 0.410 e. The standard InChI is InChI=1S/C36H50N2O2Si/c1-23(2)31-29-30(28-26(38-31)20-34(6,7)21-27(28)40-41(8,9)33(3,4)5)36(16-10-11-17-36)39-32(29)24-12-14-25(15-13-24)35(22-37)18-19-35/h12-15,23,27,32H,10-11,16-21H2,1-9H3/t27-,32+/m0/s1. The second-order valence-electron chi connectivity index (χ2n) is 16.2. The normalized spacial score (nSPS) is 25.7. The van der Waals surface area contributed by atoms with E-state index in [2.05, 4.69) is 91.9 Å². The van der Waals surface area contributed by atoms with E-state index in [0.29, 0.717) is 5.92 Å². The van der Waals surface area contributed by atoms with Crippen molar-refractivity contribution in [3.63, 3.8) is 0 Å². The van der Waals surface area contributed by atoms with Crippen molar-refractivity contribution < 1.29 is 9.16 Å². The summed E-state index contributed by atoms with van der Waals surface area (Å²) in [6, 6.07) is 11.4. The molecule has 0 saturated heterocycles. The molecule has 0 radical (unpaired) electrons. The first-order valence-electron chi connectivity index (χ1n) is 16.1. The summed E-state index contributed by atoms with van der Waals surface area (Å²) in [5.41, 5.74) is 8.51. The number of pyridine rings is 1. The number of benzene rings is 1. The number of nitrogens with zero attached hydrogens (tertiary/aromatic N) is 2. The minimum atomic E-state index is -2.04. The van der Waals surface area contributed by atoms with Crippen LogP contribution in [0.3, 0.4) is 0 Å². The lowest BCUT2D eigenvalue weighted by molar-refractivity contribution is -0.0579. The lowest BCUT2D eigenvalue weighted by Gasteiger charge is -2.45. The molecule has 4 aliphatic rings. The fraction of sp³-hybridized carbons (Fsp3) is 0.667. The van der Waals surface area contributed by atoms with E-state index >= 15 is 0 Å². The summed E-state index contributed by atoms with van der Waals surface area (Å²) in [5.74, 6) is 0.300. The fourth-order valence-electron chi connectivity index (χ4n) is 7.58. The summed E-state index contributed by atoms with van der Waals surface area (Å²) in [4.78, 5) is 5.55. The molecule has 3 aliphatic carbocycles. The molecule has 2 atom stereocenters. The molecule has 4 nitrogen and oxygen atoms in total. The van der Waals surface area contributed by atoms with E-state index < -0.39 is 8.32 Å². The van der Waals surface area contributed by atoms with Crippen LogP contribution in [0, 0.1) is 16.7 Å². The quantitative estimate of drug-likeness (QED) is 0.336. The van der Waals surface area contributed by atoms with Gasteiger partial charge in [0.05, 0.1) is 23.2 Å². The van der Waals surface area contributed by atoms with Gasteiger partial charge in [0, 0.05) is 22.5 Å². The molecule has 6 rings (SSSR count). The Morgan fingerprint density at radius 3 is 2.20 bits per heavy atom. The monoisotopic (exact) mass is 570 g/mol. The van der Waals surface area contributed by atoms with Crippen molar-refractivity contribution in [3.05, 3.63) is 63.5 Å². The van der Waals surface area contributed by atoms with Crippen LogP contribution in [0.15, 0.2) is 24.3 Å². The number of nitriles is 1. The summed E-state index contributed by atoms with van der Waals surface area (Å²) < 4.78 is 14.7. The molecule has 0 bridgehead atoms. The van der Waals surface area contributed by atoms with Crippen molar-refractivity contribution in [2.45, 2.75) is 147 Å². The summed E-state index contributed by atoms with van der Waals surface area (Å²) in [6.07, 6.45) is 8.38.